The Morgan fingerprint density at radius 1 is 1.32 bits per heavy atom. The quantitative estimate of drug-likeness (QED) is 0.782. The molecule has 0 heterocycles. The molecule has 1 aliphatic carbocycles. The van der Waals surface area contributed by atoms with Crippen LogP contribution >= 0.6 is 0 Å². The average molecular weight is 316 g/mol. The molecule has 2 rings (SSSR count). The number of aliphatic hydroxyl groups excluding tert-OH is 1. The molecule has 0 aliphatic heterocycles. The largest absolute Gasteiger partial charge is 0.394 e. The van der Waals surface area contributed by atoms with Gasteiger partial charge in [-0.15, -0.1) is 0 Å². The molecule has 1 saturated carbocycles. The molecule has 1 aromatic carbocycles. The summed E-state index contributed by atoms with van der Waals surface area (Å²) in [6.07, 6.45) is -3.62. The second-order valence-electron chi connectivity index (χ2n) is 5.88. The van der Waals surface area contributed by atoms with E-state index < -0.39 is 24.2 Å². The Morgan fingerprint density at radius 3 is 2.50 bits per heavy atom. The maximum atomic E-state index is 12.5. The van der Waals surface area contributed by atoms with Gasteiger partial charge in [-0.1, -0.05) is 18.2 Å². The van der Waals surface area contributed by atoms with Gasteiger partial charge in [0.15, 0.2) is 0 Å². The van der Waals surface area contributed by atoms with Gasteiger partial charge < -0.3 is 15.7 Å². The molecule has 2 amide bonds. The molecule has 122 valence electrons. The predicted octanol–water partition coefficient (Wildman–Crippen LogP) is 3.07. The first-order chi connectivity index (χ1) is 10.2. The summed E-state index contributed by atoms with van der Waals surface area (Å²) >= 11 is 0. The Hall–Kier alpha value is -1.76. The number of amides is 2. The van der Waals surface area contributed by atoms with Crippen LogP contribution in [0.25, 0.3) is 0 Å². The number of urea groups is 1. The molecule has 0 radical (unpaired) electrons. The number of para-hydroxylation sites is 1. The second kappa shape index (κ2) is 6.16. The van der Waals surface area contributed by atoms with Crippen molar-refractivity contribution in [3.63, 3.8) is 0 Å². The maximum Gasteiger partial charge on any atom is 0.393 e. The molecule has 0 aromatic heterocycles. The molecule has 1 aliphatic rings. The van der Waals surface area contributed by atoms with Crippen molar-refractivity contribution in [2.24, 2.45) is 5.92 Å². The van der Waals surface area contributed by atoms with Gasteiger partial charge in [-0.3, -0.25) is 0 Å². The number of nitrogens with one attached hydrogen (secondary N) is 2. The van der Waals surface area contributed by atoms with Crippen molar-refractivity contribution in [3.05, 3.63) is 29.8 Å². The molecule has 0 saturated heterocycles. The van der Waals surface area contributed by atoms with Crippen LogP contribution in [0.5, 0.6) is 0 Å². The number of hydrogen-bond acceptors (Lipinski definition) is 2. The number of carbonyl (C=O) groups excluding carboxylic acids is 1. The van der Waals surface area contributed by atoms with E-state index in [-0.39, 0.29) is 23.8 Å². The highest BCUT2D eigenvalue weighted by Crippen LogP contribution is 2.39. The third-order valence-corrected chi connectivity index (χ3v) is 3.86. The molecule has 4 nitrogen and oxygen atoms in total. The zero-order valence-corrected chi connectivity index (χ0v) is 12.2. The van der Waals surface area contributed by atoms with Gasteiger partial charge in [0.1, 0.15) is 0 Å². The van der Waals surface area contributed by atoms with E-state index in [1.54, 1.807) is 13.0 Å². The molecule has 3 N–H and O–H groups in total. The van der Waals surface area contributed by atoms with E-state index in [0.29, 0.717) is 0 Å². The van der Waals surface area contributed by atoms with Crippen LogP contribution in [0.2, 0.25) is 0 Å². The zero-order valence-electron chi connectivity index (χ0n) is 12.2. The van der Waals surface area contributed by atoms with Crippen molar-refractivity contribution in [2.45, 2.75) is 37.9 Å². The van der Waals surface area contributed by atoms with Crippen molar-refractivity contribution < 1.29 is 23.1 Å². The number of benzene rings is 1. The summed E-state index contributed by atoms with van der Waals surface area (Å²) < 4.78 is 37.6. The number of halogens is 3. The third-order valence-electron chi connectivity index (χ3n) is 3.86. The van der Waals surface area contributed by atoms with Crippen LogP contribution in [0.3, 0.4) is 0 Å². The minimum Gasteiger partial charge on any atom is -0.394 e. The van der Waals surface area contributed by atoms with Crippen LogP contribution in [-0.2, 0) is 6.42 Å². The smallest absolute Gasteiger partial charge is 0.393 e. The molecule has 1 unspecified atom stereocenters. The predicted molar refractivity (Wildman–Crippen MR) is 76.6 cm³/mol. The molecule has 1 fully saturated rings. The lowest BCUT2D eigenvalue weighted by Crippen LogP contribution is -2.52. The monoisotopic (exact) mass is 316 g/mol. The Balaban J connectivity index is 2.05. The highest BCUT2D eigenvalue weighted by atomic mass is 19.4. The van der Waals surface area contributed by atoms with E-state index in [0.717, 1.165) is 12.8 Å². The van der Waals surface area contributed by atoms with Gasteiger partial charge in [-0.25, -0.2) is 4.79 Å². The lowest BCUT2D eigenvalue weighted by Gasteiger charge is -2.29. The SMILES string of the molecule is CC(CO)(NC(=O)Nc1ccccc1CC(F)(F)F)C1CC1. The van der Waals surface area contributed by atoms with Gasteiger partial charge in [0.05, 0.1) is 18.6 Å². The summed E-state index contributed by atoms with van der Waals surface area (Å²) in [7, 11) is 0. The Morgan fingerprint density at radius 2 is 1.95 bits per heavy atom. The minimum atomic E-state index is -4.35. The van der Waals surface area contributed by atoms with E-state index in [2.05, 4.69) is 10.6 Å². The number of alkyl halides is 3. The Bertz CT molecular complexity index is 544. The van der Waals surface area contributed by atoms with Gasteiger partial charge in [0, 0.05) is 5.69 Å². The van der Waals surface area contributed by atoms with Crippen molar-refractivity contribution in [1.82, 2.24) is 5.32 Å². The topological polar surface area (TPSA) is 61.4 Å². The summed E-state index contributed by atoms with van der Waals surface area (Å²) in [5, 5.41) is 14.5. The molecule has 1 atom stereocenters. The van der Waals surface area contributed by atoms with Crippen LogP contribution in [0.4, 0.5) is 23.7 Å². The van der Waals surface area contributed by atoms with E-state index >= 15 is 0 Å². The summed E-state index contributed by atoms with van der Waals surface area (Å²) in [4.78, 5) is 12.0. The second-order valence-corrected chi connectivity index (χ2v) is 5.88. The van der Waals surface area contributed by atoms with Gasteiger partial charge in [-0.2, -0.15) is 13.2 Å². The third kappa shape index (κ3) is 4.37. The standard InChI is InChI=1S/C15H19F3N2O2/c1-14(9-21,11-6-7-11)20-13(22)19-12-5-3-2-4-10(12)8-15(16,17)18/h2-5,11,21H,6-9H2,1H3,(H2,19,20,22). The molecular formula is C15H19F3N2O2. The molecule has 1 aromatic rings. The molecule has 0 spiro atoms. The first-order valence-electron chi connectivity index (χ1n) is 7.08. The highest BCUT2D eigenvalue weighted by Gasteiger charge is 2.42. The van der Waals surface area contributed by atoms with Crippen LogP contribution in [0.1, 0.15) is 25.3 Å². The summed E-state index contributed by atoms with van der Waals surface area (Å²) in [6.45, 7) is 1.52. The minimum absolute atomic E-state index is 0.00211. The maximum absolute atomic E-state index is 12.5. The van der Waals surface area contributed by atoms with Crippen LogP contribution < -0.4 is 10.6 Å². The fourth-order valence-electron chi connectivity index (χ4n) is 2.42. The van der Waals surface area contributed by atoms with E-state index in [4.69, 9.17) is 0 Å². The number of carbonyl (C=O) groups is 1. The first kappa shape index (κ1) is 16.6. The molecular weight excluding hydrogens is 297 g/mol. The summed E-state index contributed by atoms with van der Waals surface area (Å²) in [5.41, 5.74) is -0.626. The lowest BCUT2D eigenvalue weighted by atomic mass is 9.97. The Kier molecular flexibility index (Phi) is 4.65. The number of rotatable bonds is 5. The van der Waals surface area contributed by atoms with Crippen molar-refractivity contribution >= 4 is 11.7 Å². The molecule has 22 heavy (non-hydrogen) atoms. The first-order valence-corrected chi connectivity index (χ1v) is 7.08. The van der Waals surface area contributed by atoms with Gasteiger partial charge in [-0.05, 0) is 37.3 Å². The van der Waals surface area contributed by atoms with Crippen molar-refractivity contribution in [2.75, 3.05) is 11.9 Å². The number of anilines is 1. The summed E-state index contributed by atoms with van der Waals surface area (Å²) in [5.74, 6) is 0.202. The van der Waals surface area contributed by atoms with Crippen LogP contribution in [0, 0.1) is 5.92 Å². The van der Waals surface area contributed by atoms with Gasteiger partial charge in [0.25, 0.3) is 0 Å². The normalized spacial score (nSPS) is 17.7. The molecule has 0 bridgehead atoms. The van der Waals surface area contributed by atoms with Crippen molar-refractivity contribution in [3.8, 4) is 0 Å². The fourth-order valence-corrected chi connectivity index (χ4v) is 2.42. The highest BCUT2D eigenvalue weighted by molar-refractivity contribution is 5.90. The van der Waals surface area contributed by atoms with Crippen molar-refractivity contribution in [1.29, 1.82) is 0 Å². The van der Waals surface area contributed by atoms with E-state index in [1.165, 1.54) is 18.2 Å². The Labute approximate surface area is 126 Å². The van der Waals surface area contributed by atoms with E-state index in [9.17, 15) is 23.1 Å². The summed E-state index contributed by atoms with van der Waals surface area (Å²) in [6, 6.07) is 5.19. The fraction of sp³-hybridized carbons (Fsp3) is 0.533. The number of aliphatic hydroxyl groups is 1. The van der Waals surface area contributed by atoms with Gasteiger partial charge >= 0.3 is 12.2 Å². The van der Waals surface area contributed by atoms with Crippen LogP contribution in [-0.4, -0.2) is 29.5 Å². The van der Waals surface area contributed by atoms with E-state index in [1.807, 2.05) is 0 Å². The lowest BCUT2D eigenvalue weighted by molar-refractivity contribution is -0.127. The van der Waals surface area contributed by atoms with Crippen LogP contribution in [0.15, 0.2) is 24.3 Å². The molecule has 7 heteroatoms. The van der Waals surface area contributed by atoms with Gasteiger partial charge in [0.2, 0.25) is 0 Å². The average Bonchev–Trinajstić information content (AvgIpc) is 3.24. The number of hydrogen-bond donors (Lipinski definition) is 3. The zero-order chi connectivity index (χ0) is 16.4.